The molecule has 150 valence electrons. The van der Waals surface area contributed by atoms with Gasteiger partial charge in [-0.2, -0.15) is 0 Å². The minimum absolute atomic E-state index is 0.0857. The standard InChI is InChI=1S/C24H27N3O2/c1-19-22(17-25-29-19)18-26-12-14-27(15-13-26)24(28)16-23(20-8-4-2-5-9-20)21-10-6-3-7-11-21/h2-11,17,23H,12-16,18H2,1H3. The van der Waals surface area contributed by atoms with Gasteiger partial charge in [0.25, 0.3) is 0 Å². The molecule has 0 atom stereocenters. The zero-order valence-electron chi connectivity index (χ0n) is 16.8. The molecule has 0 bridgehead atoms. The molecule has 2 heterocycles. The second-order valence-electron chi connectivity index (χ2n) is 7.64. The predicted molar refractivity (Wildman–Crippen MR) is 112 cm³/mol. The number of aryl methyl sites for hydroxylation is 1. The van der Waals surface area contributed by atoms with Crippen LogP contribution in [0.2, 0.25) is 0 Å². The predicted octanol–water partition coefficient (Wildman–Crippen LogP) is 3.85. The molecule has 0 aliphatic carbocycles. The molecule has 1 aromatic heterocycles. The minimum Gasteiger partial charge on any atom is -0.361 e. The Balaban J connectivity index is 1.39. The van der Waals surface area contributed by atoms with E-state index in [1.807, 2.05) is 48.2 Å². The van der Waals surface area contributed by atoms with Crippen molar-refractivity contribution in [1.29, 1.82) is 0 Å². The van der Waals surface area contributed by atoms with Gasteiger partial charge in [-0.05, 0) is 18.1 Å². The monoisotopic (exact) mass is 389 g/mol. The topological polar surface area (TPSA) is 49.6 Å². The SMILES string of the molecule is Cc1oncc1CN1CCN(C(=O)CC(c2ccccc2)c2ccccc2)CC1. The lowest BCUT2D eigenvalue weighted by molar-refractivity contribution is -0.133. The molecule has 1 aliphatic heterocycles. The number of rotatable bonds is 6. The summed E-state index contributed by atoms with van der Waals surface area (Å²) in [4.78, 5) is 17.5. The van der Waals surface area contributed by atoms with Crippen molar-refractivity contribution in [2.45, 2.75) is 25.8 Å². The minimum atomic E-state index is 0.0857. The first kappa shape index (κ1) is 19.4. The molecular weight excluding hydrogens is 362 g/mol. The van der Waals surface area contributed by atoms with Gasteiger partial charge < -0.3 is 9.42 Å². The summed E-state index contributed by atoms with van der Waals surface area (Å²) >= 11 is 0. The van der Waals surface area contributed by atoms with Crippen LogP contribution in [0.5, 0.6) is 0 Å². The van der Waals surface area contributed by atoms with E-state index in [-0.39, 0.29) is 11.8 Å². The van der Waals surface area contributed by atoms with Crippen molar-refractivity contribution < 1.29 is 9.32 Å². The third kappa shape index (κ3) is 4.74. The molecule has 0 saturated carbocycles. The number of piperazine rings is 1. The lowest BCUT2D eigenvalue weighted by Crippen LogP contribution is -2.48. The molecule has 1 fully saturated rings. The van der Waals surface area contributed by atoms with Crippen LogP contribution in [0.3, 0.4) is 0 Å². The van der Waals surface area contributed by atoms with E-state index in [1.54, 1.807) is 6.20 Å². The second-order valence-corrected chi connectivity index (χ2v) is 7.64. The molecule has 3 aromatic rings. The lowest BCUT2D eigenvalue weighted by Gasteiger charge is -2.35. The summed E-state index contributed by atoms with van der Waals surface area (Å²) < 4.78 is 5.15. The highest BCUT2D eigenvalue weighted by Crippen LogP contribution is 2.28. The molecule has 0 N–H and O–H groups in total. The summed E-state index contributed by atoms with van der Waals surface area (Å²) in [6.45, 7) is 6.04. The van der Waals surface area contributed by atoms with E-state index in [4.69, 9.17) is 4.52 Å². The largest absolute Gasteiger partial charge is 0.361 e. The third-order valence-electron chi connectivity index (χ3n) is 5.75. The summed E-state index contributed by atoms with van der Waals surface area (Å²) in [5, 5.41) is 3.85. The van der Waals surface area contributed by atoms with E-state index in [1.165, 1.54) is 11.1 Å². The summed E-state index contributed by atoms with van der Waals surface area (Å²) in [5.74, 6) is 1.18. The van der Waals surface area contributed by atoms with Crippen LogP contribution in [0, 0.1) is 6.92 Å². The Labute approximate surface area is 171 Å². The van der Waals surface area contributed by atoms with Crippen LogP contribution >= 0.6 is 0 Å². The smallest absolute Gasteiger partial charge is 0.223 e. The number of nitrogens with zero attached hydrogens (tertiary/aromatic N) is 3. The maximum Gasteiger partial charge on any atom is 0.223 e. The van der Waals surface area contributed by atoms with E-state index in [9.17, 15) is 4.79 Å². The van der Waals surface area contributed by atoms with Gasteiger partial charge in [0.2, 0.25) is 5.91 Å². The highest BCUT2D eigenvalue weighted by Gasteiger charge is 2.25. The van der Waals surface area contributed by atoms with Crippen molar-refractivity contribution in [3.8, 4) is 0 Å². The van der Waals surface area contributed by atoms with E-state index in [0.717, 1.165) is 44.0 Å². The number of hydrogen-bond acceptors (Lipinski definition) is 4. The molecule has 29 heavy (non-hydrogen) atoms. The van der Waals surface area contributed by atoms with Crippen molar-refractivity contribution in [1.82, 2.24) is 15.0 Å². The van der Waals surface area contributed by atoms with Crippen molar-refractivity contribution in [2.24, 2.45) is 0 Å². The zero-order chi connectivity index (χ0) is 20.1. The van der Waals surface area contributed by atoms with E-state index >= 15 is 0 Å². The molecule has 1 amide bonds. The van der Waals surface area contributed by atoms with E-state index in [2.05, 4.69) is 34.3 Å². The number of carbonyl (C=O) groups excluding carboxylic acids is 1. The van der Waals surface area contributed by atoms with Crippen LogP contribution in [0.4, 0.5) is 0 Å². The van der Waals surface area contributed by atoms with Gasteiger partial charge >= 0.3 is 0 Å². The van der Waals surface area contributed by atoms with Gasteiger partial charge in [0, 0.05) is 50.6 Å². The average Bonchev–Trinajstić information content (AvgIpc) is 3.18. The summed E-state index contributed by atoms with van der Waals surface area (Å²) in [7, 11) is 0. The number of benzene rings is 2. The molecule has 2 aromatic carbocycles. The average molecular weight is 389 g/mol. The molecule has 0 radical (unpaired) electrons. The fraction of sp³-hybridized carbons (Fsp3) is 0.333. The quantitative estimate of drug-likeness (QED) is 0.643. The molecular formula is C24H27N3O2. The Morgan fingerprint density at radius 2 is 1.55 bits per heavy atom. The third-order valence-corrected chi connectivity index (χ3v) is 5.75. The van der Waals surface area contributed by atoms with Crippen LogP contribution in [-0.4, -0.2) is 47.0 Å². The van der Waals surface area contributed by atoms with Gasteiger partial charge in [-0.25, -0.2) is 0 Å². The van der Waals surface area contributed by atoms with Gasteiger partial charge in [0.1, 0.15) is 5.76 Å². The maximum atomic E-state index is 13.1. The number of aromatic nitrogens is 1. The van der Waals surface area contributed by atoms with Crippen molar-refractivity contribution >= 4 is 5.91 Å². The van der Waals surface area contributed by atoms with Crippen molar-refractivity contribution in [3.05, 3.63) is 89.3 Å². The Hall–Kier alpha value is -2.92. The normalized spacial score (nSPS) is 15.0. The number of amides is 1. The molecule has 1 aliphatic rings. The Kier molecular flexibility index (Phi) is 6.06. The molecule has 5 heteroatoms. The Morgan fingerprint density at radius 1 is 0.966 bits per heavy atom. The maximum absolute atomic E-state index is 13.1. The Bertz CT molecular complexity index is 876. The van der Waals surface area contributed by atoms with E-state index in [0.29, 0.717) is 6.42 Å². The summed E-state index contributed by atoms with van der Waals surface area (Å²) in [6.07, 6.45) is 2.29. The first-order chi connectivity index (χ1) is 14.2. The number of carbonyl (C=O) groups is 1. The van der Waals surface area contributed by atoms with Gasteiger partial charge in [0.05, 0.1) is 6.20 Å². The van der Waals surface area contributed by atoms with Crippen molar-refractivity contribution in [2.75, 3.05) is 26.2 Å². The van der Waals surface area contributed by atoms with Gasteiger partial charge in [-0.1, -0.05) is 65.8 Å². The number of hydrogen-bond donors (Lipinski definition) is 0. The molecule has 0 spiro atoms. The molecule has 5 nitrogen and oxygen atoms in total. The van der Waals surface area contributed by atoms with Crippen LogP contribution in [0.15, 0.2) is 71.4 Å². The fourth-order valence-electron chi connectivity index (χ4n) is 3.97. The summed E-state index contributed by atoms with van der Waals surface area (Å²) in [6, 6.07) is 20.7. The van der Waals surface area contributed by atoms with Gasteiger partial charge in [-0.3, -0.25) is 9.69 Å². The van der Waals surface area contributed by atoms with Crippen LogP contribution in [0.25, 0.3) is 0 Å². The molecule has 0 unspecified atom stereocenters. The summed E-state index contributed by atoms with van der Waals surface area (Å²) in [5.41, 5.74) is 3.50. The van der Waals surface area contributed by atoms with Crippen LogP contribution in [-0.2, 0) is 11.3 Å². The second kappa shape index (κ2) is 9.05. The fourth-order valence-corrected chi connectivity index (χ4v) is 3.97. The highest BCUT2D eigenvalue weighted by atomic mass is 16.5. The van der Waals surface area contributed by atoms with Crippen molar-refractivity contribution in [3.63, 3.8) is 0 Å². The van der Waals surface area contributed by atoms with Gasteiger partial charge in [0.15, 0.2) is 0 Å². The highest BCUT2D eigenvalue weighted by molar-refractivity contribution is 5.78. The molecule has 1 saturated heterocycles. The van der Waals surface area contributed by atoms with E-state index < -0.39 is 0 Å². The lowest BCUT2D eigenvalue weighted by atomic mass is 9.88. The Morgan fingerprint density at radius 3 is 2.07 bits per heavy atom. The van der Waals surface area contributed by atoms with Crippen LogP contribution in [0.1, 0.15) is 34.8 Å². The molecule has 4 rings (SSSR count). The van der Waals surface area contributed by atoms with Crippen LogP contribution < -0.4 is 0 Å². The first-order valence-corrected chi connectivity index (χ1v) is 10.2. The first-order valence-electron chi connectivity index (χ1n) is 10.2. The van der Waals surface area contributed by atoms with Gasteiger partial charge in [-0.15, -0.1) is 0 Å². The zero-order valence-corrected chi connectivity index (χ0v) is 16.8.